The number of nitrogens with one attached hydrogen (secondary N) is 1. The second kappa shape index (κ2) is 7.37. The molecular formula is C19H17N5OS. The van der Waals surface area contributed by atoms with E-state index < -0.39 is 0 Å². The molecule has 1 N–H and O–H groups in total. The molecule has 4 aromatic rings. The molecule has 0 aliphatic heterocycles. The van der Waals surface area contributed by atoms with E-state index >= 15 is 0 Å². The van der Waals surface area contributed by atoms with Crippen molar-refractivity contribution in [3.63, 3.8) is 0 Å². The highest BCUT2D eigenvalue weighted by Gasteiger charge is 2.08. The molecule has 0 atom stereocenters. The van der Waals surface area contributed by atoms with Gasteiger partial charge in [-0.1, -0.05) is 18.2 Å². The summed E-state index contributed by atoms with van der Waals surface area (Å²) in [7, 11) is 1.67. The lowest BCUT2D eigenvalue weighted by atomic mass is 10.2. The average Bonchev–Trinajstić information content (AvgIpc) is 3.33. The fourth-order valence-corrected chi connectivity index (χ4v) is 3.24. The molecule has 3 heterocycles. The third kappa shape index (κ3) is 3.73. The lowest BCUT2D eigenvalue weighted by Gasteiger charge is -2.03. The van der Waals surface area contributed by atoms with E-state index in [1.165, 1.54) is 0 Å². The van der Waals surface area contributed by atoms with E-state index in [1.54, 1.807) is 24.6 Å². The Morgan fingerprint density at radius 3 is 2.81 bits per heavy atom. The maximum absolute atomic E-state index is 5.19. The zero-order valence-electron chi connectivity index (χ0n) is 14.2. The molecule has 4 rings (SSSR count). The first-order valence-corrected chi connectivity index (χ1v) is 8.97. The van der Waals surface area contributed by atoms with Crippen molar-refractivity contribution >= 4 is 22.3 Å². The fourth-order valence-electron chi connectivity index (χ4n) is 2.51. The van der Waals surface area contributed by atoms with E-state index in [4.69, 9.17) is 4.74 Å². The summed E-state index contributed by atoms with van der Waals surface area (Å²) in [4.78, 5) is 8.87. The van der Waals surface area contributed by atoms with Crippen LogP contribution < -0.4 is 10.1 Å². The van der Waals surface area contributed by atoms with Crippen molar-refractivity contribution in [3.05, 3.63) is 72.0 Å². The molecule has 0 spiro atoms. The molecule has 7 heteroatoms. The minimum Gasteiger partial charge on any atom is -0.497 e. The lowest BCUT2D eigenvalue weighted by Crippen LogP contribution is -1.99. The van der Waals surface area contributed by atoms with Crippen molar-refractivity contribution < 1.29 is 4.74 Å². The van der Waals surface area contributed by atoms with Gasteiger partial charge in [0.25, 0.3) is 0 Å². The van der Waals surface area contributed by atoms with E-state index in [2.05, 4.69) is 20.4 Å². The van der Waals surface area contributed by atoms with Crippen LogP contribution in [0.15, 0.2) is 66.4 Å². The highest BCUT2D eigenvalue weighted by Crippen LogP contribution is 2.26. The Morgan fingerprint density at radius 1 is 1.15 bits per heavy atom. The quantitative estimate of drug-likeness (QED) is 0.556. The highest BCUT2D eigenvalue weighted by atomic mass is 32.1. The van der Waals surface area contributed by atoms with Gasteiger partial charge < -0.3 is 10.1 Å². The van der Waals surface area contributed by atoms with Crippen LogP contribution in [-0.4, -0.2) is 26.9 Å². The number of ether oxygens (including phenoxy) is 1. The number of benzene rings is 1. The number of aromatic nitrogens is 4. The van der Waals surface area contributed by atoms with Gasteiger partial charge in [-0.3, -0.25) is 4.68 Å². The topological polar surface area (TPSA) is 64.9 Å². The van der Waals surface area contributed by atoms with Crippen LogP contribution in [-0.2, 0) is 6.54 Å². The first-order chi connectivity index (χ1) is 12.8. The smallest absolute Gasteiger partial charge is 0.188 e. The van der Waals surface area contributed by atoms with E-state index in [1.807, 2.05) is 64.9 Å². The molecule has 0 aliphatic carbocycles. The van der Waals surface area contributed by atoms with Gasteiger partial charge in [0.1, 0.15) is 11.6 Å². The number of rotatable bonds is 6. The second-order valence-corrected chi connectivity index (χ2v) is 6.51. The summed E-state index contributed by atoms with van der Waals surface area (Å²) in [5.74, 6) is 1.63. The Kier molecular flexibility index (Phi) is 4.61. The van der Waals surface area contributed by atoms with Gasteiger partial charge in [0.05, 0.1) is 25.5 Å². The van der Waals surface area contributed by atoms with E-state index in [9.17, 15) is 0 Å². The Morgan fingerprint density at radius 2 is 2.04 bits per heavy atom. The normalized spacial score (nSPS) is 10.7. The summed E-state index contributed by atoms with van der Waals surface area (Å²) >= 11 is 1.54. The zero-order chi connectivity index (χ0) is 17.8. The van der Waals surface area contributed by atoms with Gasteiger partial charge in [0.2, 0.25) is 0 Å². The standard InChI is InChI=1S/C19H17N5OS/c1-25-16-7-5-14(6-8-16)11-24-12-15(10-21-24)17-13-26-19(22-17)23-18-4-2-3-9-20-18/h2-10,12-13H,11H2,1H3,(H,20,22,23). The first kappa shape index (κ1) is 16.3. The van der Waals surface area contributed by atoms with Crippen LogP contribution >= 0.6 is 11.3 Å². The largest absolute Gasteiger partial charge is 0.497 e. The Hall–Kier alpha value is -3.19. The van der Waals surface area contributed by atoms with Crippen LogP contribution in [0.2, 0.25) is 0 Å². The van der Waals surface area contributed by atoms with Crippen LogP contribution in [0.1, 0.15) is 5.56 Å². The predicted octanol–water partition coefficient (Wildman–Crippen LogP) is 4.20. The second-order valence-electron chi connectivity index (χ2n) is 5.65. The summed E-state index contributed by atoms with van der Waals surface area (Å²) in [6.45, 7) is 0.702. The van der Waals surface area contributed by atoms with Gasteiger partial charge in [-0.05, 0) is 29.8 Å². The fraction of sp³-hybridized carbons (Fsp3) is 0.105. The lowest BCUT2D eigenvalue weighted by molar-refractivity contribution is 0.414. The number of nitrogens with zero attached hydrogens (tertiary/aromatic N) is 4. The minimum absolute atomic E-state index is 0.702. The van der Waals surface area contributed by atoms with Gasteiger partial charge >= 0.3 is 0 Å². The summed E-state index contributed by atoms with van der Waals surface area (Å²) < 4.78 is 7.09. The van der Waals surface area contributed by atoms with Gasteiger partial charge in [-0.2, -0.15) is 5.10 Å². The van der Waals surface area contributed by atoms with Crippen molar-refractivity contribution in [2.45, 2.75) is 6.54 Å². The van der Waals surface area contributed by atoms with Crippen molar-refractivity contribution in [1.82, 2.24) is 19.7 Å². The van der Waals surface area contributed by atoms with E-state index in [0.29, 0.717) is 6.54 Å². The number of hydrogen-bond donors (Lipinski definition) is 1. The van der Waals surface area contributed by atoms with Crippen molar-refractivity contribution in [3.8, 4) is 17.0 Å². The minimum atomic E-state index is 0.702. The SMILES string of the molecule is COc1ccc(Cn2cc(-c3csc(Nc4ccccn4)n3)cn2)cc1. The molecule has 0 saturated carbocycles. The highest BCUT2D eigenvalue weighted by molar-refractivity contribution is 7.14. The van der Waals surface area contributed by atoms with Crippen LogP contribution in [0.25, 0.3) is 11.3 Å². The van der Waals surface area contributed by atoms with Gasteiger partial charge in [-0.15, -0.1) is 11.3 Å². The van der Waals surface area contributed by atoms with Gasteiger partial charge in [-0.25, -0.2) is 9.97 Å². The summed E-state index contributed by atoms with van der Waals surface area (Å²) in [5.41, 5.74) is 3.05. The van der Waals surface area contributed by atoms with Crippen LogP contribution in [0.4, 0.5) is 10.9 Å². The van der Waals surface area contributed by atoms with E-state index in [-0.39, 0.29) is 0 Å². The third-order valence-electron chi connectivity index (χ3n) is 3.84. The third-order valence-corrected chi connectivity index (χ3v) is 4.59. The van der Waals surface area contributed by atoms with Crippen molar-refractivity contribution in [2.75, 3.05) is 12.4 Å². The molecule has 26 heavy (non-hydrogen) atoms. The number of pyridine rings is 1. The van der Waals surface area contributed by atoms with Crippen molar-refractivity contribution in [1.29, 1.82) is 0 Å². The predicted molar refractivity (Wildman–Crippen MR) is 103 cm³/mol. The number of thiazole rings is 1. The molecule has 0 bridgehead atoms. The molecule has 0 unspecified atom stereocenters. The summed E-state index contributed by atoms with van der Waals surface area (Å²) in [6, 6.07) is 13.7. The van der Waals surface area contributed by atoms with Crippen LogP contribution in [0.5, 0.6) is 5.75 Å². The maximum atomic E-state index is 5.19. The Labute approximate surface area is 155 Å². The first-order valence-electron chi connectivity index (χ1n) is 8.09. The summed E-state index contributed by atoms with van der Waals surface area (Å²) in [5, 5.41) is 10.5. The van der Waals surface area contributed by atoms with E-state index in [0.717, 1.165) is 33.5 Å². The molecule has 0 aliphatic rings. The average molecular weight is 363 g/mol. The van der Waals surface area contributed by atoms with Gasteiger partial charge in [0.15, 0.2) is 5.13 Å². The molecule has 0 saturated heterocycles. The number of methoxy groups -OCH3 is 1. The molecule has 3 aromatic heterocycles. The molecular weight excluding hydrogens is 346 g/mol. The molecule has 0 fully saturated rings. The molecule has 1 aromatic carbocycles. The van der Waals surface area contributed by atoms with Gasteiger partial charge in [0, 0.05) is 23.3 Å². The zero-order valence-corrected chi connectivity index (χ0v) is 15.0. The number of hydrogen-bond acceptors (Lipinski definition) is 6. The number of anilines is 2. The molecule has 0 amide bonds. The Bertz CT molecular complexity index is 979. The van der Waals surface area contributed by atoms with Crippen LogP contribution in [0.3, 0.4) is 0 Å². The monoisotopic (exact) mass is 363 g/mol. The van der Waals surface area contributed by atoms with Crippen LogP contribution in [0, 0.1) is 0 Å². The maximum Gasteiger partial charge on any atom is 0.188 e. The Balaban J connectivity index is 1.45. The molecule has 6 nitrogen and oxygen atoms in total. The molecule has 0 radical (unpaired) electrons. The molecule has 130 valence electrons. The summed E-state index contributed by atoms with van der Waals surface area (Å²) in [6.07, 6.45) is 5.59. The van der Waals surface area contributed by atoms with Crippen molar-refractivity contribution in [2.24, 2.45) is 0 Å².